The van der Waals surface area contributed by atoms with Crippen LogP contribution in [0.25, 0.3) is 0 Å². The van der Waals surface area contributed by atoms with Crippen LogP contribution >= 0.6 is 0 Å². The van der Waals surface area contributed by atoms with Crippen LogP contribution < -0.4 is 4.72 Å². The van der Waals surface area contributed by atoms with Gasteiger partial charge in [-0.05, 0) is 12.8 Å². The third-order valence-corrected chi connectivity index (χ3v) is 3.72. The average Bonchev–Trinajstić information content (AvgIpc) is 2.33. The van der Waals surface area contributed by atoms with Gasteiger partial charge < -0.3 is 14.6 Å². The van der Waals surface area contributed by atoms with Crippen LogP contribution in [0.2, 0.25) is 0 Å². The first kappa shape index (κ1) is 17.8. The van der Waals surface area contributed by atoms with E-state index in [1.807, 2.05) is 0 Å². The average molecular weight is 297 g/mol. The molecule has 19 heavy (non-hydrogen) atoms. The first-order chi connectivity index (χ1) is 8.82. The lowest BCUT2D eigenvalue weighted by Crippen LogP contribution is -2.42. The molecule has 1 atom stereocenters. The zero-order valence-corrected chi connectivity index (χ0v) is 11.7. The third kappa shape index (κ3) is 8.51. The SMILES string of the molecule is COCCC(NS(=O)(=O)CCCC(=O)OC)C(=O)O. The summed E-state index contributed by atoms with van der Waals surface area (Å²) in [6.45, 7) is 0.127. The first-order valence-corrected chi connectivity index (χ1v) is 7.26. The van der Waals surface area contributed by atoms with Gasteiger partial charge in [0.25, 0.3) is 0 Å². The minimum atomic E-state index is -3.75. The van der Waals surface area contributed by atoms with E-state index in [2.05, 4.69) is 9.46 Å². The van der Waals surface area contributed by atoms with E-state index in [9.17, 15) is 18.0 Å². The maximum atomic E-state index is 11.6. The minimum Gasteiger partial charge on any atom is -0.480 e. The zero-order valence-electron chi connectivity index (χ0n) is 10.9. The van der Waals surface area contributed by atoms with E-state index < -0.39 is 28.0 Å². The Kier molecular flexibility index (Phi) is 8.28. The molecule has 0 aromatic heterocycles. The number of sulfonamides is 1. The molecule has 8 nitrogen and oxygen atoms in total. The van der Waals surface area contributed by atoms with Crippen molar-refractivity contribution in [2.75, 3.05) is 26.6 Å². The van der Waals surface area contributed by atoms with Crippen molar-refractivity contribution in [1.29, 1.82) is 0 Å². The second kappa shape index (κ2) is 8.83. The lowest BCUT2D eigenvalue weighted by molar-refractivity contribution is -0.141. The molecular formula is C10H19NO7S. The van der Waals surface area contributed by atoms with Crippen LogP contribution in [0.15, 0.2) is 0 Å². The van der Waals surface area contributed by atoms with Gasteiger partial charge in [0.2, 0.25) is 10.0 Å². The van der Waals surface area contributed by atoms with Crippen molar-refractivity contribution < 1.29 is 32.6 Å². The fraction of sp³-hybridized carbons (Fsp3) is 0.800. The number of hydrogen-bond donors (Lipinski definition) is 2. The lowest BCUT2D eigenvalue weighted by Gasteiger charge is -2.14. The van der Waals surface area contributed by atoms with Crippen LogP contribution in [0, 0.1) is 0 Å². The summed E-state index contributed by atoms with van der Waals surface area (Å²) in [6, 6.07) is -1.23. The van der Waals surface area contributed by atoms with Gasteiger partial charge in [-0.15, -0.1) is 0 Å². The number of nitrogens with one attached hydrogen (secondary N) is 1. The highest BCUT2D eigenvalue weighted by Crippen LogP contribution is 2.01. The molecule has 0 bridgehead atoms. The van der Waals surface area contributed by atoms with Crippen LogP contribution in [0.1, 0.15) is 19.3 Å². The predicted octanol–water partition coefficient (Wildman–Crippen LogP) is -0.651. The van der Waals surface area contributed by atoms with Crippen molar-refractivity contribution >= 4 is 22.0 Å². The number of carbonyl (C=O) groups is 2. The molecule has 0 amide bonds. The number of esters is 1. The molecule has 0 heterocycles. The Morgan fingerprint density at radius 2 is 1.95 bits per heavy atom. The highest BCUT2D eigenvalue weighted by molar-refractivity contribution is 7.89. The zero-order chi connectivity index (χ0) is 14.9. The van der Waals surface area contributed by atoms with Gasteiger partial charge in [-0.25, -0.2) is 13.1 Å². The molecule has 2 N–H and O–H groups in total. The first-order valence-electron chi connectivity index (χ1n) is 5.61. The van der Waals surface area contributed by atoms with E-state index in [0.29, 0.717) is 0 Å². The molecule has 112 valence electrons. The largest absolute Gasteiger partial charge is 0.480 e. The van der Waals surface area contributed by atoms with Crippen LogP contribution in [-0.4, -0.2) is 58.1 Å². The van der Waals surface area contributed by atoms with Crippen LogP contribution in [0.3, 0.4) is 0 Å². The van der Waals surface area contributed by atoms with Gasteiger partial charge >= 0.3 is 11.9 Å². The molecule has 0 aromatic carbocycles. The molecule has 9 heteroatoms. The molecule has 0 aliphatic heterocycles. The summed E-state index contributed by atoms with van der Waals surface area (Å²) in [4.78, 5) is 21.7. The highest BCUT2D eigenvalue weighted by atomic mass is 32.2. The second-order valence-electron chi connectivity index (χ2n) is 3.79. The lowest BCUT2D eigenvalue weighted by atomic mass is 10.2. The molecule has 0 saturated heterocycles. The van der Waals surface area contributed by atoms with Crippen molar-refractivity contribution in [2.24, 2.45) is 0 Å². The molecule has 0 fully saturated rings. The molecule has 0 radical (unpaired) electrons. The van der Waals surface area contributed by atoms with E-state index in [4.69, 9.17) is 9.84 Å². The van der Waals surface area contributed by atoms with Gasteiger partial charge in [0.05, 0.1) is 12.9 Å². The van der Waals surface area contributed by atoms with Crippen LogP contribution in [0.5, 0.6) is 0 Å². The van der Waals surface area contributed by atoms with Gasteiger partial charge in [0.1, 0.15) is 6.04 Å². The van der Waals surface area contributed by atoms with Gasteiger partial charge in [-0.2, -0.15) is 0 Å². The maximum absolute atomic E-state index is 11.6. The van der Waals surface area contributed by atoms with Gasteiger partial charge in [0, 0.05) is 20.1 Å². The van der Waals surface area contributed by atoms with E-state index in [0.717, 1.165) is 0 Å². The molecule has 1 unspecified atom stereocenters. The number of carboxylic acid groups (broad SMARTS) is 1. The van der Waals surface area contributed by atoms with Gasteiger partial charge in [-0.3, -0.25) is 9.59 Å². The van der Waals surface area contributed by atoms with E-state index in [1.165, 1.54) is 14.2 Å². The number of carboxylic acids is 1. The molecule has 0 aliphatic rings. The topological polar surface area (TPSA) is 119 Å². The molecule has 0 aromatic rings. The Balaban J connectivity index is 4.31. The Bertz CT molecular complexity index is 393. The summed E-state index contributed by atoms with van der Waals surface area (Å²) < 4.78 is 34.4. The summed E-state index contributed by atoms with van der Waals surface area (Å²) in [5.41, 5.74) is 0. The molecule has 0 rings (SSSR count). The summed E-state index contributed by atoms with van der Waals surface area (Å²) in [5.74, 6) is -2.11. The number of carbonyl (C=O) groups excluding carboxylic acids is 1. The van der Waals surface area contributed by atoms with Gasteiger partial charge in [0.15, 0.2) is 0 Å². The molecular weight excluding hydrogens is 278 g/mol. The smallest absolute Gasteiger partial charge is 0.321 e. The standard InChI is InChI=1S/C10H19NO7S/c1-17-6-5-8(10(13)14)11-19(15,16)7-3-4-9(12)18-2/h8,11H,3-7H2,1-2H3,(H,13,14). The Morgan fingerprint density at radius 1 is 1.32 bits per heavy atom. The Labute approximate surface area is 112 Å². The summed E-state index contributed by atoms with van der Waals surface area (Å²) >= 11 is 0. The van der Waals surface area contributed by atoms with E-state index in [-0.39, 0.29) is 31.6 Å². The number of aliphatic carboxylic acids is 1. The van der Waals surface area contributed by atoms with Crippen LogP contribution in [-0.2, 0) is 29.1 Å². The summed E-state index contributed by atoms with van der Waals surface area (Å²) in [7, 11) is -1.15. The van der Waals surface area contributed by atoms with Crippen molar-refractivity contribution in [3.8, 4) is 0 Å². The highest BCUT2D eigenvalue weighted by Gasteiger charge is 2.23. The van der Waals surface area contributed by atoms with Crippen LogP contribution in [0.4, 0.5) is 0 Å². The van der Waals surface area contributed by atoms with E-state index >= 15 is 0 Å². The molecule has 0 saturated carbocycles. The monoisotopic (exact) mass is 297 g/mol. The molecule has 0 aliphatic carbocycles. The van der Waals surface area contributed by atoms with Crippen molar-refractivity contribution in [1.82, 2.24) is 4.72 Å². The summed E-state index contributed by atoms with van der Waals surface area (Å²) in [6.07, 6.45) is 0.0634. The van der Waals surface area contributed by atoms with Crippen molar-refractivity contribution in [2.45, 2.75) is 25.3 Å². The number of methoxy groups -OCH3 is 2. The second-order valence-corrected chi connectivity index (χ2v) is 5.66. The minimum absolute atomic E-state index is 0.0298. The Morgan fingerprint density at radius 3 is 2.42 bits per heavy atom. The maximum Gasteiger partial charge on any atom is 0.321 e. The van der Waals surface area contributed by atoms with Crippen molar-refractivity contribution in [3.05, 3.63) is 0 Å². The third-order valence-electron chi connectivity index (χ3n) is 2.25. The number of hydrogen-bond acceptors (Lipinski definition) is 6. The predicted molar refractivity (Wildman–Crippen MR) is 66.1 cm³/mol. The van der Waals surface area contributed by atoms with Gasteiger partial charge in [-0.1, -0.05) is 0 Å². The number of rotatable bonds is 10. The normalized spacial score (nSPS) is 12.9. The molecule has 0 spiro atoms. The fourth-order valence-corrected chi connectivity index (χ4v) is 2.55. The summed E-state index contributed by atoms with van der Waals surface area (Å²) in [5, 5.41) is 8.86. The van der Waals surface area contributed by atoms with Crippen molar-refractivity contribution in [3.63, 3.8) is 0 Å². The Hall–Kier alpha value is -1.19. The van der Waals surface area contributed by atoms with E-state index in [1.54, 1.807) is 0 Å². The quantitative estimate of drug-likeness (QED) is 0.514. The fourth-order valence-electron chi connectivity index (χ4n) is 1.25. The number of ether oxygens (including phenoxy) is 2.